The second kappa shape index (κ2) is 5.14. The van der Waals surface area contributed by atoms with Gasteiger partial charge in [-0.3, -0.25) is 9.78 Å². The number of furan rings is 1. The van der Waals surface area contributed by atoms with Gasteiger partial charge in [-0.1, -0.05) is 6.07 Å². The van der Waals surface area contributed by atoms with Gasteiger partial charge < -0.3 is 9.73 Å². The van der Waals surface area contributed by atoms with Gasteiger partial charge in [0.15, 0.2) is 10.4 Å². The Bertz CT molecular complexity index is 510. The molecule has 5 heteroatoms. The number of hydrogen-bond donors (Lipinski definition) is 1. The number of nitrogens with zero attached hydrogens (tertiary/aromatic N) is 1. The molecule has 0 aliphatic heterocycles. The monoisotopic (exact) mass is 294 g/mol. The lowest BCUT2D eigenvalue weighted by Crippen LogP contribution is -2.26. The van der Waals surface area contributed by atoms with Crippen molar-refractivity contribution in [1.82, 2.24) is 10.3 Å². The number of aromatic nitrogens is 1. The first-order chi connectivity index (χ1) is 8.16. The van der Waals surface area contributed by atoms with E-state index in [0.717, 1.165) is 5.69 Å². The van der Waals surface area contributed by atoms with Crippen molar-refractivity contribution in [3.63, 3.8) is 0 Å². The summed E-state index contributed by atoms with van der Waals surface area (Å²) in [6, 6.07) is 8.72. The predicted molar refractivity (Wildman–Crippen MR) is 66.5 cm³/mol. The number of hydrogen-bond acceptors (Lipinski definition) is 3. The van der Waals surface area contributed by atoms with Gasteiger partial charge in [-0.25, -0.2) is 0 Å². The van der Waals surface area contributed by atoms with E-state index in [9.17, 15) is 4.79 Å². The Morgan fingerprint density at radius 2 is 2.24 bits per heavy atom. The fourth-order valence-corrected chi connectivity index (χ4v) is 1.72. The van der Waals surface area contributed by atoms with Gasteiger partial charge in [0, 0.05) is 6.20 Å². The molecular weight excluding hydrogens is 284 g/mol. The van der Waals surface area contributed by atoms with Crippen LogP contribution >= 0.6 is 15.9 Å². The van der Waals surface area contributed by atoms with Gasteiger partial charge in [0.1, 0.15) is 0 Å². The van der Waals surface area contributed by atoms with E-state index in [-0.39, 0.29) is 17.7 Å². The highest BCUT2D eigenvalue weighted by molar-refractivity contribution is 9.10. The lowest BCUT2D eigenvalue weighted by molar-refractivity contribution is 0.0910. The molecule has 0 aliphatic carbocycles. The SMILES string of the molecule is CC(NC(=O)c1ccc(Br)o1)c1ccccn1. The summed E-state index contributed by atoms with van der Waals surface area (Å²) in [5.41, 5.74) is 0.812. The smallest absolute Gasteiger partial charge is 0.287 e. The Morgan fingerprint density at radius 3 is 2.82 bits per heavy atom. The average Bonchev–Trinajstić information content (AvgIpc) is 2.77. The molecule has 17 heavy (non-hydrogen) atoms. The standard InChI is InChI=1S/C12H11BrN2O2/c1-8(9-4-2-3-7-14-9)15-12(16)10-5-6-11(13)17-10/h2-8H,1H3,(H,15,16). The quantitative estimate of drug-likeness (QED) is 0.947. The molecule has 2 aromatic heterocycles. The van der Waals surface area contributed by atoms with Crippen LogP contribution in [0.15, 0.2) is 45.6 Å². The van der Waals surface area contributed by atoms with Crippen molar-refractivity contribution in [3.8, 4) is 0 Å². The molecule has 0 radical (unpaired) electrons. The average molecular weight is 295 g/mol. The number of pyridine rings is 1. The lowest BCUT2D eigenvalue weighted by atomic mass is 10.2. The first-order valence-corrected chi connectivity index (χ1v) is 5.93. The van der Waals surface area contributed by atoms with Gasteiger partial charge in [0.05, 0.1) is 11.7 Å². The minimum Gasteiger partial charge on any atom is -0.444 e. The molecule has 0 fully saturated rings. The van der Waals surface area contributed by atoms with Crippen molar-refractivity contribution in [2.45, 2.75) is 13.0 Å². The van der Waals surface area contributed by atoms with E-state index < -0.39 is 0 Å². The summed E-state index contributed by atoms with van der Waals surface area (Å²) in [6.45, 7) is 1.87. The highest BCUT2D eigenvalue weighted by Gasteiger charge is 2.14. The molecule has 2 heterocycles. The van der Waals surface area contributed by atoms with Crippen LogP contribution in [0.5, 0.6) is 0 Å². The van der Waals surface area contributed by atoms with Crippen LogP contribution in [-0.2, 0) is 0 Å². The molecule has 0 aliphatic rings. The summed E-state index contributed by atoms with van der Waals surface area (Å²) < 4.78 is 5.70. The van der Waals surface area contributed by atoms with Gasteiger partial charge in [-0.15, -0.1) is 0 Å². The van der Waals surface area contributed by atoms with E-state index in [0.29, 0.717) is 4.67 Å². The van der Waals surface area contributed by atoms with Crippen molar-refractivity contribution < 1.29 is 9.21 Å². The maximum absolute atomic E-state index is 11.8. The van der Waals surface area contributed by atoms with E-state index in [1.54, 1.807) is 18.3 Å². The number of carbonyl (C=O) groups is 1. The molecule has 88 valence electrons. The first-order valence-electron chi connectivity index (χ1n) is 5.14. The molecule has 1 atom stereocenters. The zero-order chi connectivity index (χ0) is 12.3. The van der Waals surface area contributed by atoms with E-state index in [1.165, 1.54) is 0 Å². The fourth-order valence-electron chi connectivity index (χ4n) is 1.41. The van der Waals surface area contributed by atoms with Crippen LogP contribution in [0.1, 0.15) is 29.2 Å². The molecule has 2 rings (SSSR count). The summed E-state index contributed by atoms with van der Waals surface area (Å²) in [7, 11) is 0. The van der Waals surface area contributed by atoms with Crippen LogP contribution in [0, 0.1) is 0 Å². The largest absolute Gasteiger partial charge is 0.444 e. The Labute approximate surface area is 107 Å². The number of amides is 1. The van der Waals surface area contributed by atoms with Crippen molar-refractivity contribution >= 4 is 21.8 Å². The van der Waals surface area contributed by atoms with Gasteiger partial charge in [0.2, 0.25) is 0 Å². The second-order valence-corrected chi connectivity index (χ2v) is 4.34. The summed E-state index contributed by atoms with van der Waals surface area (Å²) in [5.74, 6) is 0.0218. The minimum absolute atomic E-state index is 0.160. The molecule has 1 unspecified atom stereocenters. The molecule has 2 aromatic rings. The van der Waals surface area contributed by atoms with E-state index >= 15 is 0 Å². The topological polar surface area (TPSA) is 55.1 Å². The van der Waals surface area contributed by atoms with Gasteiger partial charge in [-0.05, 0) is 47.1 Å². The van der Waals surface area contributed by atoms with E-state index in [2.05, 4.69) is 26.2 Å². The van der Waals surface area contributed by atoms with Crippen LogP contribution in [0.25, 0.3) is 0 Å². The summed E-state index contributed by atoms with van der Waals surface area (Å²) in [4.78, 5) is 16.0. The minimum atomic E-state index is -0.256. The summed E-state index contributed by atoms with van der Waals surface area (Å²) in [6.07, 6.45) is 1.70. The second-order valence-electron chi connectivity index (χ2n) is 3.55. The van der Waals surface area contributed by atoms with Gasteiger partial charge in [0.25, 0.3) is 5.91 Å². The Kier molecular flexibility index (Phi) is 3.58. The zero-order valence-electron chi connectivity index (χ0n) is 9.18. The third-order valence-corrected chi connectivity index (χ3v) is 2.70. The van der Waals surface area contributed by atoms with Gasteiger partial charge in [-0.2, -0.15) is 0 Å². The molecule has 0 saturated heterocycles. The van der Waals surface area contributed by atoms with Crippen LogP contribution in [0.2, 0.25) is 0 Å². The Hall–Kier alpha value is -1.62. The van der Waals surface area contributed by atoms with Crippen LogP contribution in [0.4, 0.5) is 0 Å². The summed E-state index contributed by atoms with van der Waals surface area (Å²) in [5, 5.41) is 2.81. The van der Waals surface area contributed by atoms with Crippen molar-refractivity contribution in [2.75, 3.05) is 0 Å². The molecule has 1 amide bonds. The van der Waals surface area contributed by atoms with Crippen LogP contribution < -0.4 is 5.32 Å². The highest BCUT2D eigenvalue weighted by atomic mass is 79.9. The first kappa shape index (κ1) is 11.9. The number of carbonyl (C=O) groups excluding carboxylic acids is 1. The number of rotatable bonds is 3. The highest BCUT2D eigenvalue weighted by Crippen LogP contribution is 2.15. The summed E-state index contributed by atoms with van der Waals surface area (Å²) >= 11 is 3.15. The fraction of sp³-hybridized carbons (Fsp3) is 0.167. The zero-order valence-corrected chi connectivity index (χ0v) is 10.8. The maximum atomic E-state index is 11.8. The Balaban J connectivity index is 2.04. The maximum Gasteiger partial charge on any atom is 0.287 e. The molecule has 0 aromatic carbocycles. The number of nitrogens with one attached hydrogen (secondary N) is 1. The lowest BCUT2D eigenvalue weighted by Gasteiger charge is -2.11. The molecule has 4 nitrogen and oxygen atoms in total. The van der Waals surface area contributed by atoms with Crippen LogP contribution in [0.3, 0.4) is 0 Å². The predicted octanol–water partition coefficient (Wildman–Crippen LogP) is 2.93. The third kappa shape index (κ3) is 2.94. The molecular formula is C12H11BrN2O2. The number of halogens is 1. The molecule has 0 saturated carbocycles. The van der Waals surface area contributed by atoms with Crippen molar-refractivity contribution in [3.05, 3.63) is 52.7 Å². The molecule has 1 N–H and O–H groups in total. The van der Waals surface area contributed by atoms with E-state index in [4.69, 9.17) is 4.42 Å². The van der Waals surface area contributed by atoms with Crippen LogP contribution in [-0.4, -0.2) is 10.9 Å². The Morgan fingerprint density at radius 1 is 1.41 bits per heavy atom. The van der Waals surface area contributed by atoms with Crippen molar-refractivity contribution in [2.24, 2.45) is 0 Å². The normalized spacial score (nSPS) is 12.1. The third-order valence-electron chi connectivity index (χ3n) is 2.28. The molecule has 0 bridgehead atoms. The van der Waals surface area contributed by atoms with Crippen molar-refractivity contribution in [1.29, 1.82) is 0 Å². The molecule has 0 spiro atoms. The van der Waals surface area contributed by atoms with Gasteiger partial charge >= 0.3 is 0 Å². The van der Waals surface area contributed by atoms with E-state index in [1.807, 2.05) is 25.1 Å².